The number of nitrogens with one attached hydrogen (secondary N) is 1. The van der Waals surface area contributed by atoms with Crippen LogP contribution in [-0.4, -0.2) is 19.2 Å². The van der Waals surface area contributed by atoms with Gasteiger partial charge in [-0.2, -0.15) is 5.10 Å². The summed E-state index contributed by atoms with van der Waals surface area (Å²) in [5, 5.41) is 14.7. The van der Waals surface area contributed by atoms with Crippen molar-refractivity contribution in [3.05, 3.63) is 78.1 Å². The summed E-state index contributed by atoms with van der Waals surface area (Å²) in [6, 6.07) is 16.9. The summed E-state index contributed by atoms with van der Waals surface area (Å²) in [7, 11) is -1.70. The van der Waals surface area contributed by atoms with Crippen LogP contribution >= 0.6 is 0 Å². The lowest BCUT2D eigenvalue weighted by atomic mass is 9.87. The maximum Gasteiger partial charge on any atom is 0.282 e. The number of halogens is 2. The van der Waals surface area contributed by atoms with E-state index < -0.39 is 23.1 Å². The average molecular weight is 488 g/mol. The smallest absolute Gasteiger partial charge is 0.282 e. The molecule has 0 aliphatic heterocycles. The molecule has 2 aromatic carbocycles. The van der Waals surface area contributed by atoms with E-state index in [1.807, 2.05) is 26.0 Å². The summed E-state index contributed by atoms with van der Waals surface area (Å²) in [5.41, 5.74) is 1.54. The Morgan fingerprint density at radius 1 is 1.06 bits per heavy atom. The molecule has 2 heterocycles. The van der Waals surface area contributed by atoms with Crippen LogP contribution in [-0.2, 0) is 16.4 Å². The lowest BCUT2D eigenvalue weighted by Gasteiger charge is -2.19. The molecule has 2 aromatic heterocycles. The molecule has 0 aliphatic carbocycles. The number of anilines is 1. The number of hydrogen-bond donors (Lipinski definition) is 2. The van der Waals surface area contributed by atoms with Crippen molar-refractivity contribution in [2.75, 3.05) is 4.72 Å². The molecule has 0 aliphatic rings. The lowest BCUT2D eigenvalue weighted by molar-refractivity contribution is -0.884. The van der Waals surface area contributed by atoms with E-state index in [9.17, 15) is 18.2 Å². The number of alkyl halides is 2. The fourth-order valence-electron chi connectivity index (χ4n) is 3.39. The van der Waals surface area contributed by atoms with Crippen molar-refractivity contribution < 1.29 is 22.9 Å². The highest BCUT2D eigenvalue weighted by Crippen LogP contribution is 2.29. The SMILES string of the molecule is CC.CC(C)(C)c1ccc(S(=O)Nc2cc(C(F)F)nn2-c2cccc3c2ccc[n+]3O)cc1. The summed E-state index contributed by atoms with van der Waals surface area (Å²) in [6.07, 6.45) is -1.33. The zero-order valence-electron chi connectivity index (χ0n) is 19.8. The fourth-order valence-corrected chi connectivity index (χ4v) is 4.23. The van der Waals surface area contributed by atoms with Crippen LogP contribution < -0.4 is 9.45 Å². The third kappa shape index (κ3) is 5.25. The van der Waals surface area contributed by atoms with Gasteiger partial charge in [0.2, 0.25) is 6.20 Å². The van der Waals surface area contributed by atoms with E-state index in [0.717, 1.165) is 10.3 Å². The minimum absolute atomic E-state index is 0.0455. The van der Waals surface area contributed by atoms with Crippen molar-refractivity contribution >= 4 is 27.7 Å². The normalized spacial score (nSPS) is 12.4. The summed E-state index contributed by atoms with van der Waals surface area (Å²) >= 11 is 0. The molecule has 180 valence electrons. The number of benzene rings is 2. The molecule has 4 aromatic rings. The third-order valence-electron chi connectivity index (χ3n) is 5.11. The van der Waals surface area contributed by atoms with Gasteiger partial charge in [-0.05, 0) is 35.2 Å². The van der Waals surface area contributed by atoms with Crippen LogP contribution in [0.15, 0.2) is 71.8 Å². The minimum Gasteiger partial charge on any atom is -0.285 e. The molecule has 0 fully saturated rings. The largest absolute Gasteiger partial charge is 0.285 e. The van der Waals surface area contributed by atoms with Gasteiger partial charge in [0.1, 0.15) is 11.5 Å². The Balaban J connectivity index is 0.00000158. The molecule has 0 radical (unpaired) electrons. The number of fused-ring (bicyclic) bond motifs is 1. The zero-order chi connectivity index (χ0) is 25.0. The van der Waals surface area contributed by atoms with Gasteiger partial charge in [0.15, 0.2) is 11.0 Å². The molecule has 6 nitrogen and oxygen atoms in total. The number of rotatable bonds is 5. The molecule has 1 atom stereocenters. The van der Waals surface area contributed by atoms with Crippen molar-refractivity contribution in [1.29, 1.82) is 0 Å². The van der Waals surface area contributed by atoms with Gasteiger partial charge in [0, 0.05) is 22.9 Å². The molecule has 0 saturated carbocycles. The Hall–Kier alpha value is -3.33. The molecule has 2 N–H and O–H groups in total. The van der Waals surface area contributed by atoms with E-state index in [2.05, 4.69) is 30.6 Å². The van der Waals surface area contributed by atoms with Gasteiger partial charge in [-0.25, -0.2) is 17.7 Å². The Morgan fingerprint density at radius 3 is 2.35 bits per heavy atom. The maximum absolute atomic E-state index is 13.4. The van der Waals surface area contributed by atoms with Crippen LogP contribution in [0.5, 0.6) is 0 Å². The monoisotopic (exact) mass is 487 g/mol. The summed E-state index contributed by atoms with van der Waals surface area (Å²) in [5.74, 6) is 0.152. The second kappa shape index (κ2) is 10.3. The van der Waals surface area contributed by atoms with Crippen LogP contribution in [0.4, 0.5) is 14.6 Å². The summed E-state index contributed by atoms with van der Waals surface area (Å²) in [6.45, 7) is 10.3. The van der Waals surface area contributed by atoms with Crippen LogP contribution in [0.25, 0.3) is 16.6 Å². The summed E-state index contributed by atoms with van der Waals surface area (Å²) < 4.78 is 44.9. The van der Waals surface area contributed by atoms with Crippen LogP contribution in [0, 0.1) is 0 Å². The second-order valence-corrected chi connectivity index (χ2v) is 9.59. The minimum atomic E-state index is -2.80. The van der Waals surface area contributed by atoms with E-state index in [-0.39, 0.29) is 11.2 Å². The first-order valence-corrected chi connectivity index (χ1v) is 12.1. The number of hydrogen-bond acceptors (Lipinski definition) is 3. The van der Waals surface area contributed by atoms with E-state index in [0.29, 0.717) is 21.5 Å². The van der Waals surface area contributed by atoms with Crippen LogP contribution in [0.3, 0.4) is 0 Å². The second-order valence-electron chi connectivity index (χ2n) is 8.37. The van der Waals surface area contributed by atoms with Crippen molar-refractivity contribution in [3.8, 4) is 5.69 Å². The van der Waals surface area contributed by atoms with Crippen molar-refractivity contribution in [2.24, 2.45) is 0 Å². The first kappa shape index (κ1) is 25.3. The van der Waals surface area contributed by atoms with Gasteiger partial charge in [0.25, 0.3) is 11.9 Å². The van der Waals surface area contributed by atoms with E-state index >= 15 is 0 Å². The molecule has 0 bridgehead atoms. The topological polar surface area (TPSA) is 71.0 Å². The highest BCUT2D eigenvalue weighted by molar-refractivity contribution is 7.86. The quantitative estimate of drug-likeness (QED) is 0.270. The predicted molar refractivity (Wildman–Crippen MR) is 130 cm³/mol. The molecule has 0 amide bonds. The van der Waals surface area contributed by atoms with Gasteiger partial charge in [-0.15, -0.1) is 0 Å². The molecular formula is C25H29F2N4O2S+. The molecule has 34 heavy (non-hydrogen) atoms. The maximum atomic E-state index is 13.4. The van der Waals surface area contributed by atoms with E-state index in [1.54, 1.807) is 42.5 Å². The van der Waals surface area contributed by atoms with Gasteiger partial charge < -0.3 is 0 Å². The lowest BCUT2D eigenvalue weighted by Crippen LogP contribution is -2.30. The van der Waals surface area contributed by atoms with Crippen molar-refractivity contribution in [3.63, 3.8) is 0 Å². The molecule has 1 unspecified atom stereocenters. The summed E-state index contributed by atoms with van der Waals surface area (Å²) in [4.78, 5) is 0.510. The van der Waals surface area contributed by atoms with Crippen molar-refractivity contribution in [2.45, 2.75) is 51.4 Å². The predicted octanol–water partition coefficient (Wildman–Crippen LogP) is 5.95. The van der Waals surface area contributed by atoms with Crippen molar-refractivity contribution in [1.82, 2.24) is 9.78 Å². The van der Waals surface area contributed by atoms with Gasteiger partial charge >= 0.3 is 0 Å². The van der Waals surface area contributed by atoms with Crippen LogP contribution in [0.2, 0.25) is 0 Å². The van der Waals surface area contributed by atoms with Gasteiger partial charge in [0.05, 0.1) is 16.0 Å². The Labute approximate surface area is 200 Å². The highest BCUT2D eigenvalue weighted by atomic mass is 32.2. The number of aromatic nitrogens is 3. The van der Waals surface area contributed by atoms with E-state index in [1.165, 1.54) is 16.9 Å². The molecule has 0 saturated heterocycles. The first-order valence-electron chi connectivity index (χ1n) is 11.0. The zero-order valence-corrected chi connectivity index (χ0v) is 20.6. The van der Waals surface area contributed by atoms with Gasteiger partial charge in [-0.1, -0.05) is 52.8 Å². The standard InChI is InChI=1S/C23H23F2N4O2S.C2H6/c1-23(2,3)15-9-11-16(12-10-15)32(31)27-21-14-18(22(24)25)26-29(21)20-8-4-7-19-17(20)6-5-13-28(19)30;1-2/h4-14,22,27,30H,1-3H3;1-2H3/q+1;. The van der Waals surface area contributed by atoms with Crippen LogP contribution in [0.1, 0.15) is 52.3 Å². The third-order valence-corrected chi connectivity index (χ3v) is 6.20. The average Bonchev–Trinajstić information content (AvgIpc) is 3.24. The first-order chi connectivity index (χ1) is 16.1. The molecular weight excluding hydrogens is 458 g/mol. The fraction of sp³-hybridized carbons (Fsp3) is 0.280. The highest BCUT2D eigenvalue weighted by Gasteiger charge is 2.21. The number of pyridine rings is 1. The Bertz CT molecular complexity index is 1300. The number of nitrogens with zero attached hydrogens (tertiary/aromatic N) is 3. The molecule has 4 rings (SSSR count). The molecule has 0 spiro atoms. The Morgan fingerprint density at radius 2 is 1.74 bits per heavy atom. The Kier molecular flexibility index (Phi) is 7.66. The van der Waals surface area contributed by atoms with E-state index in [4.69, 9.17) is 0 Å². The molecule has 9 heteroatoms. The van der Waals surface area contributed by atoms with Gasteiger partial charge in [-0.3, -0.25) is 9.93 Å².